The predicted molar refractivity (Wildman–Crippen MR) is 208 cm³/mol. The molecular weight excluding hydrogens is 697 g/mol. The zero-order valence-corrected chi connectivity index (χ0v) is 31.4. The van der Waals surface area contributed by atoms with Crippen LogP contribution in [0.25, 0.3) is 43.5 Å². The van der Waals surface area contributed by atoms with E-state index in [1.165, 1.54) is 30.6 Å². The van der Waals surface area contributed by atoms with Gasteiger partial charge in [-0.1, -0.05) is 43.4 Å². The average Bonchev–Trinajstić information content (AvgIpc) is 3.87. The van der Waals surface area contributed by atoms with Gasteiger partial charge in [0.05, 0.1) is 38.8 Å². The number of amides is 1. The zero-order valence-electron chi connectivity index (χ0n) is 30.5. The van der Waals surface area contributed by atoms with Gasteiger partial charge in [0.25, 0.3) is 5.91 Å². The number of carbonyl (C=O) groups excluding carboxylic acids is 1. The van der Waals surface area contributed by atoms with Crippen LogP contribution in [0.5, 0.6) is 0 Å². The summed E-state index contributed by atoms with van der Waals surface area (Å²) in [5, 5.41) is 31.6. The summed E-state index contributed by atoms with van der Waals surface area (Å²) in [4.78, 5) is 40.0. The Hall–Kier alpha value is -5.00. The zero-order chi connectivity index (χ0) is 37.1. The number of para-hydroxylation sites is 1. The number of pyridine rings is 2. The topological polar surface area (TPSA) is 143 Å². The van der Waals surface area contributed by atoms with Crippen LogP contribution in [0.4, 0.5) is 5.13 Å². The van der Waals surface area contributed by atoms with Crippen LogP contribution in [0.15, 0.2) is 73.1 Å². The fourth-order valence-electron chi connectivity index (χ4n) is 11.8. The van der Waals surface area contributed by atoms with Crippen molar-refractivity contribution in [3.63, 3.8) is 0 Å². The second-order valence-electron chi connectivity index (χ2n) is 17.1. The Kier molecular flexibility index (Phi) is 7.30. The second kappa shape index (κ2) is 11.7. The van der Waals surface area contributed by atoms with Crippen molar-refractivity contribution in [1.29, 1.82) is 0 Å². The number of nitrogens with one attached hydrogen (secondary N) is 1. The van der Waals surface area contributed by atoms with Crippen molar-refractivity contribution in [1.82, 2.24) is 24.7 Å². The first-order valence-electron chi connectivity index (χ1n) is 19.0. The van der Waals surface area contributed by atoms with Crippen molar-refractivity contribution in [2.75, 3.05) is 5.32 Å². The highest BCUT2D eigenvalue weighted by atomic mass is 32.1. The summed E-state index contributed by atoms with van der Waals surface area (Å²) in [5.74, 6) is 0.581. The number of carboxylic acid groups (broad SMARTS) is 1. The van der Waals surface area contributed by atoms with Crippen LogP contribution in [-0.4, -0.2) is 52.4 Å². The first-order valence-corrected chi connectivity index (χ1v) is 19.8. The standard InChI is InChI=1S/C43H42N6O4S/c1-23-17-42(21-43(53)20-41(3)14-12-26(18-41)36(43)35(23)42)22-49-24(2)30(19-45-49)27-9-11-31(46-37(27)39(51)52)25-8-10-32-29(16-25)28(13-15-44-32)38(50)48-40-47-33-6-4-5-7-34(33)54-40/h4-11,13,15-16,19,23,26,35-36,53H,12,14,17-18,20-22H2,1-3H3,(H,51,52)(H,47,48,50). The summed E-state index contributed by atoms with van der Waals surface area (Å²) >= 11 is 1.41. The summed E-state index contributed by atoms with van der Waals surface area (Å²) in [6.45, 7) is 7.47. The Labute approximate surface area is 316 Å². The lowest BCUT2D eigenvalue weighted by molar-refractivity contribution is -0.0985. The number of aromatic nitrogens is 5. The van der Waals surface area contributed by atoms with Gasteiger partial charge in [-0.15, -0.1) is 0 Å². The van der Waals surface area contributed by atoms with E-state index in [4.69, 9.17) is 5.10 Å². The summed E-state index contributed by atoms with van der Waals surface area (Å²) in [6.07, 6.45) is 9.87. The molecule has 10 nitrogen and oxygen atoms in total. The summed E-state index contributed by atoms with van der Waals surface area (Å²) in [7, 11) is 0. The fourth-order valence-corrected chi connectivity index (χ4v) is 12.7. The maximum atomic E-state index is 13.5. The first-order chi connectivity index (χ1) is 25.9. The molecule has 0 aliphatic heterocycles. The highest BCUT2D eigenvalue weighted by molar-refractivity contribution is 7.22. The molecule has 0 radical (unpaired) electrons. The van der Waals surface area contributed by atoms with Crippen molar-refractivity contribution < 1.29 is 19.8 Å². The minimum absolute atomic E-state index is 0.000540. The van der Waals surface area contributed by atoms with E-state index in [1.807, 2.05) is 66.2 Å². The number of aliphatic hydroxyl groups is 1. The van der Waals surface area contributed by atoms with E-state index >= 15 is 0 Å². The molecule has 11 heteroatoms. The lowest BCUT2D eigenvalue weighted by Gasteiger charge is -2.54. The molecule has 274 valence electrons. The van der Waals surface area contributed by atoms with Gasteiger partial charge < -0.3 is 10.2 Å². The monoisotopic (exact) mass is 738 g/mol. The molecule has 0 saturated heterocycles. The molecule has 54 heavy (non-hydrogen) atoms. The Balaban J connectivity index is 0.945. The third-order valence-corrected chi connectivity index (χ3v) is 14.5. The fraction of sp³-hybridized carbons (Fsp3) is 0.395. The van der Waals surface area contributed by atoms with E-state index in [2.05, 4.69) is 34.1 Å². The SMILES string of the molecule is Cc1c(-c2ccc(-c3ccc4nccc(C(=O)Nc5nc6ccccc6s5)c4c3)nc2C(=O)O)cnn1CC12CC(C)C1C1C3CCC(C)(C3)CC1(O)C2. The van der Waals surface area contributed by atoms with Gasteiger partial charge in [0.15, 0.2) is 10.8 Å². The largest absolute Gasteiger partial charge is 0.476 e. The molecular formula is C43H42N6O4S. The van der Waals surface area contributed by atoms with Crippen LogP contribution in [0, 0.1) is 41.4 Å². The molecule has 2 bridgehead atoms. The number of aromatic carboxylic acids is 1. The number of hydrogen-bond acceptors (Lipinski definition) is 8. The minimum atomic E-state index is -1.13. The van der Waals surface area contributed by atoms with Crippen molar-refractivity contribution in [2.45, 2.75) is 71.4 Å². The third kappa shape index (κ3) is 5.07. The van der Waals surface area contributed by atoms with E-state index in [0.717, 1.165) is 47.3 Å². The van der Waals surface area contributed by atoms with Crippen LogP contribution in [0.3, 0.4) is 0 Å². The van der Waals surface area contributed by atoms with Gasteiger partial charge in [-0.25, -0.2) is 14.8 Å². The molecule has 4 saturated carbocycles. The maximum absolute atomic E-state index is 13.5. The van der Waals surface area contributed by atoms with E-state index < -0.39 is 11.6 Å². The number of hydrogen-bond donors (Lipinski definition) is 3. The van der Waals surface area contributed by atoms with Crippen LogP contribution in [0.1, 0.15) is 78.9 Å². The van der Waals surface area contributed by atoms with Crippen molar-refractivity contribution in [3.05, 3.63) is 90.0 Å². The number of fused-ring (bicyclic) bond motifs is 8. The van der Waals surface area contributed by atoms with Gasteiger partial charge in [-0.3, -0.25) is 19.8 Å². The minimum Gasteiger partial charge on any atom is -0.476 e. The van der Waals surface area contributed by atoms with Gasteiger partial charge in [-0.05, 0) is 122 Å². The second-order valence-corrected chi connectivity index (χ2v) is 18.1. The molecule has 4 aliphatic rings. The highest BCUT2D eigenvalue weighted by Crippen LogP contribution is 2.74. The molecule has 7 unspecified atom stereocenters. The Bertz CT molecular complexity index is 2510. The molecule has 4 aliphatic carbocycles. The molecule has 4 fully saturated rings. The van der Waals surface area contributed by atoms with Crippen LogP contribution >= 0.6 is 11.3 Å². The number of thiazole rings is 1. The van der Waals surface area contributed by atoms with E-state index in [1.54, 1.807) is 18.5 Å². The van der Waals surface area contributed by atoms with Crippen molar-refractivity contribution >= 4 is 49.5 Å². The molecule has 10 rings (SSSR count). The summed E-state index contributed by atoms with van der Waals surface area (Å²) in [6, 6.07) is 18.5. The molecule has 2 aromatic carbocycles. The van der Waals surface area contributed by atoms with Gasteiger partial charge in [0, 0.05) is 40.5 Å². The van der Waals surface area contributed by atoms with Gasteiger partial charge in [-0.2, -0.15) is 5.10 Å². The Morgan fingerprint density at radius 2 is 1.85 bits per heavy atom. The lowest BCUT2D eigenvalue weighted by atomic mass is 9.52. The Morgan fingerprint density at radius 3 is 2.67 bits per heavy atom. The van der Waals surface area contributed by atoms with Crippen molar-refractivity contribution in [2.24, 2.45) is 34.5 Å². The third-order valence-electron chi connectivity index (χ3n) is 13.6. The molecule has 7 atom stereocenters. The average molecular weight is 739 g/mol. The summed E-state index contributed by atoms with van der Waals surface area (Å²) in [5.41, 5.74) is 4.75. The number of carbonyl (C=O) groups is 2. The van der Waals surface area contributed by atoms with Crippen LogP contribution < -0.4 is 5.32 Å². The van der Waals surface area contributed by atoms with Gasteiger partial charge in [0.1, 0.15) is 0 Å². The first kappa shape index (κ1) is 33.6. The number of rotatable bonds is 7. The van der Waals surface area contributed by atoms with E-state index in [0.29, 0.717) is 62.1 Å². The molecule has 3 N–H and O–H groups in total. The normalized spacial score (nSPS) is 29.6. The number of benzene rings is 2. The van der Waals surface area contributed by atoms with E-state index in [9.17, 15) is 19.8 Å². The van der Waals surface area contributed by atoms with Gasteiger partial charge >= 0.3 is 5.97 Å². The summed E-state index contributed by atoms with van der Waals surface area (Å²) < 4.78 is 3.03. The molecule has 0 spiro atoms. The van der Waals surface area contributed by atoms with Gasteiger partial charge in [0.2, 0.25) is 0 Å². The van der Waals surface area contributed by atoms with Crippen LogP contribution in [0.2, 0.25) is 0 Å². The predicted octanol–water partition coefficient (Wildman–Crippen LogP) is 8.63. The molecule has 6 aromatic rings. The molecule has 4 aromatic heterocycles. The smallest absolute Gasteiger partial charge is 0.355 e. The quantitative estimate of drug-likeness (QED) is 0.148. The molecule has 4 heterocycles. The van der Waals surface area contributed by atoms with Crippen LogP contribution in [-0.2, 0) is 6.54 Å². The highest BCUT2D eigenvalue weighted by Gasteiger charge is 2.72. The lowest BCUT2D eigenvalue weighted by Crippen LogP contribution is -2.51. The van der Waals surface area contributed by atoms with E-state index in [-0.39, 0.29) is 22.4 Å². The van der Waals surface area contributed by atoms with Crippen molar-refractivity contribution in [3.8, 4) is 22.4 Å². The Morgan fingerprint density at radius 1 is 1.00 bits per heavy atom. The molecule has 1 amide bonds. The number of carboxylic acids is 1. The number of nitrogens with zero attached hydrogens (tertiary/aromatic N) is 5. The maximum Gasteiger partial charge on any atom is 0.355 e. The number of anilines is 1.